The van der Waals surface area contributed by atoms with E-state index in [1.54, 1.807) is 12.1 Å². The molecule has 0 radical (unpaired) electrons. The number of pyridine rings is 1. The number of fused-ring (bicyclic) bond motifs is 5. The topological polar surface area (TPSA) is 3.88 Å². The average molecular weight is 523 g/mol. The van der Waals surface area contributed by atoms with Gasteiger partial charge < -0.3 is 0 Å². The molecule has 0 unspecified atom stereocenters. The summed E-state index contributed by atoms with van der Waals surface area (Å²) in [5, 5.41) is 7.25. The third-order valence-electron chi connectivity index (χ3n) is 7.73. The Labute approximate surface area is 230 Å². The molecular formula is C35H37FNS+. The number of nitrogens with zero attached hydrogens (tertiary/aromatic N) is 1. The van der Waals surface area contributed by atoms with Gasteiger partial charge in [0, 0.05) is 15.9 Å². The molecule has 0 saturated heterocycles. The lowest BCUT2D eigenvalue weighted by atomic mass is 9.81. The highest BCUT2D eigenvalue weighted by molar-refractivity contribution is 8.00. The summed E-state index contributed by atoms with van der Waals surface area (Å²) >= 11 is 1.85. The Bertz CT molecular complexity index is 1780. The first-order valence-electron chi connectivity index (χ1n) is 13.6. The first-order valence-corrected chi connectivity index (χ1v) is 14.4. The van der Waals surface area contributed by atoms with E-state index in [1.165, 1.54) is 59.3 Å². The van der Waals surface area contributed by atoms with Crippen molar-refractivity contribution >= 4 is 44.1 Å². The monoisotopic (exact) mass is 522 g/mol. The van der Waals surface area contributed by atoms with Gasteiger partial charge in [0.05, 0.1) is 10.9 Å². The smallest absolute Gasteiger partial charge is 0.207 e. The van der Waals surface area contributed by atoms with Crippen LogP contribution in [0.4, 0.5) is 4.39 Å². The normalized spacial score (nSPS) is 13.5. The van der Waals surface area contributed by atoms with Gasteiger partial charge in [-0.2, -0.15) is 0 Å². The maximum absolute atomic E-state index is 14.6. The van der Waals surface area contributed by atoms with Crippen LogP contribution in [0.3, 0.4) is 0 Å². The SMILES string of the molecule is Cc1c2c(c(CC(C)(C)C)c3ccc(CC(C)(C)C)cc13)Sc1c3cc(F)ccc3cc3cc[n+](C)c-2c13. The Balaban J connectivity index is 1.77. The largest absolute Gasteiger partial charge is 0.222 e. The third kappa shape index (κ3) is 4.20. The van der Waals surface area contributed by atoms with Gasteiger partial charge in [-0.25, -0.2) is 8.96 Å². The number of aryl methyl sites for hydroxylation is 2. The van der Waals surface area contributed by atoms with Crippen LogP contribution in [0.2, 0.25) is 0 Å². The average Bonchev–Trinajstić information content (AvgIpc) is 2.82. The fourth-order valence-electron chi connectivity index (χ4n) is 6.25. The van der Waals surface area contributed by atoms with E-state index in [2.05, 4.69) is 96.6 Å². The Morgan fingerprint density at radius 3 is 2.21 bits per heavy atom. The lowest BCUT2D eigenvalue weighted by Crippen LogP contribution is -2.32. The molecule has 1 nitrogen and oxygen atoms in total. The Morgan fingerprint density at radius 1 is 0.763 bits per heavy atom. The third-order valence-corrected chi connectivity index (χ3v) is 9.01. The van der Waals surface area contributed by atoms with Crippen LogP contribution in [-0.2, 0) is 19.9 Å². The van der Waals surface area contributed by atoms with Gasteiger partial charge in [-0.1, -0.05) is 77.6 Å². The van der Waals surface area contributed by atoms with Gasteiger partial charge in [-0.15, -0.1) is 0 Å². The molecule has 5 aromatic rings. The van der Waals surface area contributed by atoms with Crippen molar-refractivity contribution in [2.24, 2.45) is 17.9 Å². The fourth-order valence-corrected chi connectivity index (χ4v) is 7.72. The number of hydrogen-bond donors (Lipinski definition) is 0. The van der Waals surface area contributed by atoms with E-state index in [9.17, 15) is 4.39 Å². The number of rotatable bonds is 2. The van der Waals surface area contributed by atoms with Crippen LogP contribution in [0.25, 0.3) is 43.6 Å². The maximum Gasteiger partial charge on any atom is 0.222 e. The number of halogens is 1. The molecule has 2 heterocycles. The Kier molecular flexibility index (Phi) is 5.71. The minimum Gasteiger partial charge on any atom is -0.207 e. The van der Waals surface area contributed by atoms with E-state index in [0.29, 0.717) is 0 Å². The van der Waals surface area contributed by atoms with Crippen molar-refractivity contribution in [1.82, 2.24) is 0 Å². The molecule has 4 aromatic carbocycles. The quantitative estimate of drug-likeness (QED) is 0.162. The second-order valence-corrected chi connectivity index (χ2v) is 14.6. The molecule has 0 bridgehead atoms. The molecule has 1 aliphatic heterocycles. The lowest BCUT2D eigenvalue weighted by molar-refractivity contribution is -0.659. The molecule has 0 spiro atoms. The summed E-state index contributed by atoms with van der Waals surface area (Å²) in [6.07, 6.45) is 4.21. The van der Waals surface area contributed by atoms with Crippen LogP contribution < -0.4 is 4.57 Å². The second kappa shape index (κ2) is 8.55. The van der Waals surface area contributed by atoms with Gasteiger partial charge in [0.15, 0.2) is 6.20 Å². The van der Waals surface area contributed by atoms with Crippen LogP contribution in [0.1, 0.15) is 58.2 Å². The summed E-state index contributed by atoms with van der Waals surface area (Å²) in [6, 6.07) is 16.8. The van der Waals surface area contributed by atoms with Gasteiger partial charge in [-0.3, -0.25) is 0 Å². The molecule has 1 aliphatic rings. The van der Waals surface area contributed by atoms with Crippen molar-refractivity contribution < 1.29 is 8.96 Å². The molecule has 0 amide bonds. The zero-order valence-corrected chi connectivity index (χ0v) is 24.7. The molecule has 3 heteroatoms. The van der Waals surface area contributed by atoms with Crippen LogP contribution in [0.5, 0.6) is 0 Å². The predicted molar refractivity (Wildman–Crippen MR) is 161 cm³/mol. The van der Waals surface area contributed by atoms with Crippen molar-refractivity contribution in [3.63, 3.8) is 0 Å². The highest BCUT2D eigenvalue weighted by Gasteiger charge is 2.33. The first-order chi connectivity index (χ1) is 17.8. The maximum atomic E-state index is 14.6. The summed E-state index contributed by atoms with van der Waals surface area (Å²) in [5.74, 6) is -0.183. The predicted octanol–water partition coefficient (Wildman–Crippen LogP) is 9.73. The zero-order chi connectivity index (χ0) is 27.1. The Hall–Kier alpha value is -2.91. The van der Waals surface area contributed by atoms with E-state index >= 15 is 0 Å². The van der Waals surface area contributed by atoms with Crippen molar-refractivity contribution in [2.45, 2.75) is 71.1 Å². The van der Waals surface area contributed by atoms with E-state index in [0.717, 1.165) is 23.6 Å². The molecule has 0 N–H and O–H groups in total. The van der Waals surface area contributed by atoms with Crippen molar-refractivity contribution in [3.05, 3.63) is 77.2 Å². The van der Waals surface area contributed by atoms with Gasteiger partial charge >= 0.3 is 0 Å². The van der Waals surface area contributed by atoms with Gasteiger partial charge in [0.25, 0.3) is 0 Å². The van der Waals surface area contributed by atoms with Crippen molar-refractivity contribution in [1.29, 1.82) is 0 Å². The highest BCUT2D eigenvalue weighted by Crippen LogP contribution is 2.54. The van der Waals surface area contributed by atoms with E-state index < -0.39 is 0 Å². The molecule has 0 atom stereocenters. The van der Waals surface area contributed by atoms with Crippen LogP contribution >= 0.6 is 11.8 Å². The minimum atomic E-state index is -0.183. The van der Waals surface area contributed by atoms with Crippen molar-refractivity contribution in [3.8, 4) is 11.3 Å². The van der Waals surface area contributed by atoms with Gasteiger partial charge in [0.2, 0.25) is 5.69 Å². The summed E-state index contributed by atoms with van der Waals surface area (Å²) in [4.78, 5) is 2.51. The minimum absolute atomic E-state index is 0.125. The molecule has 0 saturated carbocycles. The molecule has 6 rings (SSSR count). The van der Waals surface area contributed by atoms with Crippen LogP contribution in [-0.4, -0.2) is 0 Å². The molecule has 1 aromatic heterocycles. The first kappa shape index (κ1) is 25.4. The zero-order valence-electron chi connectivity index (χ0n) is 23.8. The van der Waals surface area contributed by atoms with Crippen LogP contribution in [0, 0.1) is 23.6 Å². The Morgan fingerprint density at radius 2 is 1.50 bits per heavy atom. The van der Waals surface area contributed by atoms with Crippen molar-refractivity contribution in [2.75, 3.05) is 0 Å². The fraction of sp³-hybridized carbons (Fsp3) is 0.343. The van der Waals surface area contributed by atoms with E-state index in [1.807, 2.05) is 17.8 Å². The number of aromatic nitrogens is 1. The van der Waals surface area contributed by atoms with Gasteiger partial charge in [0.1, 0.15) is 12.9 Å². The summed E-state index contributed by atoms with van der Waals surface area (Å²) in [5.41, 5.74) is 7.08. The summed E-state index contributed by atoms with van der Waals surface area (Å²) in [7, 11) is 2.15. The second-order valence-electron chi connectivity index (χ2n) is 13.6. The molecule has 0 fully saturated rings. The summed E-state index contributed by atoms with van der Waals surface area (Å²) in [6.45, 7) is 16.2. The van der Waals surface area contributed by atoms with E-state index in [4.69, 9.17) is 0 Å². The highest BCUT2D eigenvalue weighted by atomic mass is 32.2. The number of benzene rings is 4. The molecule has 0 aliphatic carbocycles. The van der Waals surface area contributed by atoms with Crippen LogP contribution in [0.15, 0.2) is 64.5 Å². The van der Waals surface area contributed by atoms with E-state index in [-0.39, 0.29) is 16.6 Å². The number of hydrogen-bond acceptors (Lipinski definition) is 1. The molecular weight excluding hydrogens is 485 g/mol. The standard InChI is InChI=1S/C35H37FNS/c1-20-26-15-21(18-34(2,3)4)9-12-25(26)28(19-35(5,6)7)33-29(20)31-30-23(13-14-37(31)8)16-22-10-11-24(36)17-27(22)32(30)38-33/h9-17H,18-19H2,1-8H3/q+1. The molecule has 38 heavy (non-hydrogen) atoms. The molecule has 194 valence electrons. The lowest BCUT2D eigenvalue weighted by Gasteiger charge is -2.28. The summed E-state index contributed by atoms with van der Waals surface area (Å²) < 4.78 is 16.8. The van der Waals surface area contributed by atoms with Gasteiger partial charge in [-0.05, 0) is 92.4 Å².